The number of carbonyl (C=O) groups is 1. The first-order valence-electron chi connectivity index (χ1n) is 5.75. The summed E-state index contributed by atoms with van der Waals surface area (Å²) in [5.74, 6) is 1.49. The maximum atomic E-state index is 11.3. The van der Waals surface area contributed by atoms with Gasteiger partial charge in [-0.25, -0.2) is 0 Å². The van der Waals surface area contributed by atoms with Crippen LogP contribution in [0, 0.1) is 0 Å². The van der Waals surface area contributed by atoms with Crippen molar-refractivity contribution < 1.29 is 14.3 Å². The average Bonchev–Trinajstić information content (AvgIpc) is 3.02. The lowest BCUT2D eigenvalue weighted by atomic mass is 10.3. The predicted octanol–water partition coefficient (Wildman–Crippen LogP) is 4.53. The minimum atomic E-state index is 0.273. The molecule has 0 N–H and O–H groups in total. The number of hydrogen-bond acceptors (Lipinski definition) is 5. The van der Waals surface area contributed by atoms with E-state index in [1.165, 1.54) is 11.3 Å². The van der Waals surface area contributed by atoms with Gasteiger partial charge in [0.15, 0.2) is 16.9 Å². The number of fused-ring (bicyclic) bond motifs is 1. The molecule has 0 amide bonds. The van der Waals surface area contributed by atoms with E-state index in [0.29, 0.717) is 26.6 Å². The number of rotatable bonds is 4. The Morgan fingerprint density at radius 2 is 2.00 bits per heavy atom. The summed E-state index contributed by atoms with van der Waals surface area (Å²) in [5, 5.41) is 1.86. The molecule has 0 bridgehead atoms. The van der Waals surface area contributed by atoms with Gasteiger partial charge in [-0.15, -0.1) is 11.3 Å². The Hall–Kier alpha value is -1.38. The number of halogens is 2. The van der Waals surface area contributed by atoms with Gasteiger partial charge in [0.2, 0.25) is 5.88 Å². The van der Waals surface area contributed by atoms with E-state index >= 15 is 0 Å². The van der Waals surface area contributed by atoms with Gasteiger partial charge in [-0.2, -0.15) is 4.98 Å². The van der Waals surface area contributed by atoms with Crippen molar-refractivity contribution in [2.24, 2.45) is 0 Å². The maximum Gasteiger partial charge on any atom is 0.250 e. The van der Waals surface area contributed by atoms with E-state index in [1.807, 2.05) is 5.38 Å². The summed E-state index contributed by atoms with van der Waals surface area (Å²) in [6.07, 6.45) is 2.51. The number of thiazole rings is 1. The molecular formula is C13H8Br2N2O3S. The van der Waals surface area contributed by atoms with Gasteiger partial charge < -0.3 is 9.47 Å². The zero-order valence-corrected chi connectivity index (χ0v) is 14.7. The molecule has 0 atom stereocenters. The quantitative estimate of drug-likeness (QED) is 0.569. The number of carbonyl (C=O) groups excluding carboxylic acids is 1. The van der Waals surface area contributed by atoms with E-state index in [1.54, 1.807) is 29.8 Å². The molecule has 2 heterocycles. The maximum absolute atomic E-state index is 11.3. The fraction of sp³-hybridized carbons (Fsp3) is 0.0769. The van der Waals surface area contributed by atoms with E-state index in [9.17, 15) is 4.79 Å². The lowest BCUT2D eigenvalue weighted by molar-refractivity contribution is 0.111. The van der Waals surface area contributed by atoms with Crippen LogP contribution in [0.4, 0.5) is 0 Å². The third kappa shape index (κ3) is 2.58. The van der Waals surface area contributed by atoms with Crippen LogP contribution >= 0.6 is 43.2 Å². The molecule has 0 spiro atoms. The SMILES string of the molecule is COc1cc(Br)c(Oc2nc3sccn3c2C=O)cc1Br. The van der Waals surface area contributed by atoms with Crippen LogP contribution in [0.5, 0.6) is 17.4 Å². The largest absolute Gasteiger partial charge is 0.496 e. The van der Waals surface area contributed by atoms with Gasteiger partial charge >= 0.3 is 0 Å². The molecular weight excluding hydrogens is 424 g/mol. The van der Waals surface area contributed by atoms with Crippen LogP contribution in [0.25, 0.3) is 4.96 Å². The number of benzene rings is 1. The molecule has 21 heavy (non-hydrogen) atoms. The number of imidazole rings is 1. The molecule has 0 radical (unpaired) electrons. The van der Waals surface area contributed by atoms with Crippen LogP contribution in [-0.2, 0) is 0 Å². The third-order valence-corrected chi connectivity index (χ3v) is 4.79. The highest BCUT2D eigenvalue weighted by Gasteiger charge is 2.17. The predicted molar refractivity (Wildman–Crippen MR) is 86.9 cm³/mol. The lowest BCUT2D eigenvalue weighted by Crippen LogP contribution is -1.93. The second kappa shape index (κ2) is 5.78. The number of ether oxygens (including phenoxy) is 2. The molecule has 8 heteroatoms. The number of aldehydes is 1. The normalized spacial score (nSPS) is 10.8. The van der Waals surface area contributed by atoms with Crippen molar-refractivity contribution >= 4 is 54.4 Å². The molecule has 0 saturated heterocycles. The lowest BCUT2D eigenvalue weighted by Gasteiger charge is -2.09. The van der Waals surface area contributed by atoms with Crippen LogP contribution in [0.3, 0.4) is 0 Å². The van der Waals surface area contributed by atoms with Crippen molar-refractivity contribution in [1.29, 1.82) is 0 Å². The summed E-state index contributed by atoms with van der Waals surface area (Å²) in [5.41, 5.74) is 0.380. The first-order valence-corrected chi connectivity index (χ1v) is 8.22. The minimum Gasteiger partial charge on any atom is -0.496 e. The summed E-state index contributed by atoms with van der Waals surface area (Å²) >= 11 is 8.25. The van der Waals surface area contributed by atoms with Gasteiger partial charge in [-0.05, 0) is 44.0 Å². The van der Waals surface area contributed by atoms with Crippen LogP contribution in [-0.4, -0.2) is 22.8 Å². The van der Waals surface area contributed by atoms with Crippen LogP contribution in [0.2, 0.25) is 0 Å². The summed E-state index contributed by atoms with van der Waals surface area (Å²) in [4.78, 5) is 16.3. The van der Waals surface area contributed by atoms with Gasteiger partial charge in [-0.3, -0.25) is 9.20 Å². The molecule has 0 aliphatic heterocycles. The summed E-state index contributed by atoms with van der Waals surface area (Å²) < 4.78 is 14.1. The van der Waals surface area contributed by atoms with Crippen LogP contribution in [0.15, 0.2) is 32.7 Å². The molecule has 5 nitrogen and oxygen atoms in total. The second-order valence-electron chi connectivity index (χ2n) is 3.99. The Kier molecular flexibility index (Phi) is 4.01. The van der Waals surface area contributed by atoms with Gasteiger partial charge in [0.25, 0.3) is 0 Å². The molecule has 2 aromatic heterocycles. The molecule has 0 aliphatic carbocycles. The first-order chi connectivity index (χ1) is 10.1. The van der Waals surface area contributed by atoms with Crippen molar-refractivity contribution in [2.75, 3.05) is 7.11 Å². The Morgan fingerprint density at radius 3 is 2.71 bits per heavy atom. The van der Waals surface area contributed by atoms with Gasteiger partial charge in [0, 0.05) is 11.6 Å². The third-order valence-electron chi connectivity index (χ3n) is 2.79. The van der Waals surface area contributed by atoms with Gasteiger partial charge in [0.05, 0.1) is 16.1 Å². The molecule has 0 fully saturated rings. The molecule has 0 aliphatic rings. The summed E-state index contributed by atoms with van der Waals surface area (Å²) in [7, 11) is 1.58. The standard InChI is InChI=1S/C13H8Br2N2O3S/c1-19-10-4-8(15)11(5-7(10)14)20-12-9(6-18)17-2-3-21-13(17)16-12/h2-6H,1H3. The van der Waals surface area contributed by atoms with Crippen molar-refractivity contribution in [3.8, 4) is 17.4 Å². The number of hydrogen-bond donors (Lipinski definition) is 0. The van der Waals surface area contributed by atoms with E-state index in [2.05, 4.69) is 36.8 Å². The smallest absolute Gasteiger partial charge is 0.250 e. The molecule has 3 rings (SSSR count). The fourth-order valence-electron chi connectivity index (χ4n) is 1.81. The Morgan fingerprint density at radius 1 is 1.29 bits per heavy atom. The molecule has 0 unspecified atom stereocenters. The van der Waals surface area contributed by atoms with Crippen molar-refractivity contribution in [3.05, 3.63) is 38.3 Å². The highest BCUT2D eigenvalue weighted by atomic mass is 79.9. The van der Waals surface area contributed by atoms with E-state index in [0.717, 1.165) is 10.8 Å². The monoisotopic (exact) mass is 430 g/mol. The van der Waals surface area contributed by atoms with E-state index < -0.39 is 0 Å². The number of aromatic nitrogens is 2. The molecule has 0 saturated carbocycles. The molecule has 1 aromatic carbocycles. The Labute approximate surface area is 140 Å². The van der Waals surface area contributed by atoms with Crippen molar-refractivity contribution in [1.82, 2.24) is 9.38 Å². The number of methoxy groups -OCH3 is 1. The Balaban J connectivity index is 2.04. The van der Waals surface area contributed by atoms with Gasteiger partial charge in [0.1, 0.15) is 11.5 Å². The first kappa shape index (κ1) is 14.6. The molecule has 108 valence electrons. The second-order valence-corrected chi connectivity index (χ2v) is 6.58. The van der Waals surface area contributed by atoms with Crippen LogP contribution in [0.1, 0.15) is 10.5 Å². The van der Waals surface area contributed by atoms with Crippen LogP contribution < -0.4 is 9.47 Å². The minimum absolute atomic E-state index is 0.273. The highest BCUT2D eigenvalue weighted by molar-refractivity contribution is 9.11. The van der Waals surface area contributed by atoms with E-state index in [-0.39, 0.29) is 5.88 Å². The van der Waals surface area contributed by atoms with Gasteiger partial charge in [-0.1, -0.05) is 0 Å². The van der Waals surface area contributed by atoms with Crippen molar-refractivity contribution in [3.63, 3.8) is 0 Å². The molecule has 3 aromatic rings. The zero-order chi connectivity index (χ0) is 15.0. The summed E-state index contributed by atoms with van der Waals surface area (Å²) in [6, 6.07) is 3.53. The Bertz CT molecular complexity index is 828. The van der Waals surface area contributed by atoms with E-state index in [4.69, 9.17) is 9.47 Å². The highest BCUT2D eigenvalue weighted by Crippen LogP contribution is 2.38. The number of nitrogens with zero attached hydrogens (tertiary/aromatic N) is 2. The fourth-order valence-corrected chi connectivity index (χ4v) is 3.42. The average molecular weight is 432 g/mol. The zero-order valence-electron chi connectivity index (χ0n) is 10.7. The topological polar surface area (TPSA) is 52.8 Å². The van der Waals surface area contributed by atoms with Crippen molar-refractivity contribution in [2.45, 2.75) is 0 Å². The summed E-state index contributed by atoms with van der Waals surface area (Å²) in [6.45, 7) is 0.